The Labute approximate surface area is 179 Å². The summed E-state index contributed by atoms with van der Waals surface area (Å²) >= 11 is 4.45. The summed E-state index contributed by atoms with van der Waals surface area (Å²) in [4.78, 5) is 16.5. The Hall–Kier alpha value is -1.68. The van der Waals surface area contributed by atoms with Gasteiger partial charge in [-0.3, -0.25) is 0 Å². The van der Waals surface area contributed by atoms with E-state index >= 15 is 0 Å². The Morgan fingerprint density at radius 2 is 1.88 bits per heavy atom. The monoisotopic (exact) mass is 571 g/mol. The van der Waals surface area contributed by atoms with Crippen molar-refractivity contribution in [2.45, 2.75) is 6.92 Å². The predicted molar refractivity (Wildman–Crippen MR) is 119 cm³/mol. The molecule has 1 aliphatic heterocycles. The van der Waals surface area contributed by atoms with Crippen molar-refractivity contribution in [1.29, 1.82) is 0 Å². The van der Waals surface area contributed by atoms with Gasteiger partial charge in [0.2, 0.25) is 5.90 Å². The molecule has 0 N–H and O–H groups in total. The molecular formula is C20H15I2NO3. The molecule has 6 heteroatoms. The van der Waals surface area contributed by atoms with Crippen LogP contribution in [0.25, 0.3) is 6.08 Å². The van der Waals surface area contributed by atoms with Crippen LogP contribution in [-0.4, -0.2) is 18.5 Å². The third-order valence-electron chi connectivity index (χ3n) is 3.43. The van der Waals surface area contributed by atoms with Crippen molar-refractivity contribution in [2.75, 3.05) is 6.61 Å². The van der Waals surface area contributed by atoms with Gasteiger partial charge in [0.15, 0.2) is 5.70 Å². The molecule has 26 heavy (non-hydrogen) atoms. The van der Waals surface area contributed by atoms with Gasteiger partial charge in [0, 0.05) is 5.56 Å². The van der Waals surface area contributed by atoms with Gasteiger partial charge in [-0.15, -0.1) is 0 Å². The fraction of sp³-hybridized carbons (Fsp3) is 0.100. The number of nitrogens with zero attached hydrogens (tertiary/aromatic N) is 1. The average molecular weight is 571 g/mol. The highest BCUT2D eigenvalue weighted by Crippen LogP contribution is 2.30. The summed E-state index contributed by atoms with van der Waals surface area (Å²) in [5.74, 6) is 0.697. The Bertz CT molecular complexity index is 910. The predicted octanol–water partition coefficient (Wildman–Crippen LogP) is 5.20. The molecular weight excluding hydrogens is 556 g/mol. The quantitative estimate of drug-likeness (QED) is 0.215. The second-order valence-corrected chi connectivity index (χ2v) is 8.09. The lowest BCUT2D eigenvalue weighted by atomic mass is 10.2. The molecule has 2 aromatic rings. The molecule has 0 saturated heterocycles. The van der Waals surface area contributed by atoms with E-state index in [4.69, 9.17) is 9.47 Å². The number of benzene rings is 2. The summed E-state index contributed by atoms with van der Waals surface area (Å²) in [6.45, 7) is 6.25. The molecule has 2 aromatic carbocycles. The van der Waals surface area contributed by atoms with E-state index in [1.165, 1.54) is 0 Å². The number of hydrogen-bond acceptors (Lipinski definition) is 4. The van der Waals surface area contributed by atoms with E-state index in [-0.39, 0.29) is 5.70 Å². The van der Waals surface area contributed by atoms with Gasteiger partial charge in [0.1, 0.15) is 12.4 Å². The first kappa shape index (κ1) is 19.1. The minimum absolute atomic E-state index is 0.283. The second-order valence-electron chi connectivity index (χ2n) is 5.76. The Morgan fingerprint density at radius 3 is 2.50 bits per heavy atom. The number of aliphatic imine (C=N–C) groups is 1. The van der Waals surface area contributed by atoms with Crippen LogP contribution in [0.15, 0.2) is 65.3 Å². The number of carbonyl (C=O) groups is 1. The summed E-state index contributed by atoms with van der Waals surface area (Å²) in [7, 11) is 0. The lowest BCUT2D eigenvalue weighted by Gasteiger charge is -2.11. The highest BCUT2D eigenvalue weighted by Gasteiger charge is 2.24. The molecule has 1 aliphatic rings. The normalized spacial score (nSPS) is 15.0. The minimum Gasteiger partial charge on any atom is -0.487 e. The molecule has 0 atom stereocenters. The van der Waals surface area contributed by atoms with E-state index < -0.39 is 5.97 Å². The number of carbonyl (C=O) groups excluding carboxylic acids is 1. The number of rotatable bonds is 5. The van der Waals surface area contributed by atoms with Crippen LogP contribution in [0.4, 0.5) is 0 Å². The first-order valence-corrected chi connectivity index (χ1v) is 9.94. The molecule has 132 valence electrons. The smallest absolute Gasteiger partial charge is 0.363 e. The van der Waals surface area contributed by atoms with Gasteiger partial charge >= 0.3 is 5.97 Å². The molecule has 4 nitrogen and oxygen atoms in total. The lowest BCUT2D eigenvalue weighted by molar-refractivity contribution is -0.129. The number of cyclic esters (lactones) is 1. The highest BCUT2D eigenvalue weighted by atomic mass is 127. The molecule has 0 fully saturated rings. The zero-order valence-corrected chi connectivity index (χ0v) is 18.3. The summed E-state index contributed by atoms with van der Waals surface area (Å²) < 4.78 is 13.0. The molecule has 0 bridgehead atoms. The van der Waals surface area contributed by atoms with Gasteiger partial charge in [0.25, 0.3) is 0 Å². The van der Waals surface area contributed by atoms with Gasteiger partial charge in [-0.2, -0.15) is 0 Å². The molecule has 0 radical (unpaired) electrons. The van der Waals surface area contributed by atoms with Crippen LogP contribution in [0.5, 0.6) is 5.75 Å². The van der Waals surface area contributed by atoms with Crippen LogP contribution >= 0.6 is 45.2 Å². The summed E-state index contributed by atoms with van der Waals surface area (Å²) in [6.07, 6.45) is 1.73. The third kappa shape index (κ3) is 4.53. The topological polar surface area (TPSA) is 47.9 Å². The van der Waals surface area contributed by atoms with Crippen LogP contribution in [0.2, 0.25) is 0 Å². The number of ether oxygens (including phenoxy) is 2. The largest absolute Gasteiger partial charge is 0.487 e. The van der Waals surface area contributed by atoms with Crippen molar-refractivity contribution in [1.82, 2.24) is 0 Å². The molecule has 0 aromatic heterocycles. The van der Waals surface area contributed by atoms with Crippen molar-refractivity contribution < 1.29 is 14.3 Å². The van der Waals surface area contributed by atoms with E-state index in [0.717, 1.165) is 29.6 Å². The average Bonchev–Trinajstić information content (AvgIpc) is 2.95. The molecule has 0 saturated carbocycles. The molecule has 0 spiro atoms. The number of hydrogen-bond donors (Lipinski definition) is 0. The van der Waals surface area contributed by atoms with E-state index in [2.05, 4.69) is 56.8 Å². The van der Waals surface area contributed by atoms with Crippen LogP contribution in [0.3, 0.4) is 0 Å². The van der Waals surface area contributed by atoms with Gasteiger partial charge in [0.05, 0.1) is 7.14 Å². The molecule has 0 aliphatic carbocycles. The Kier molecular flexibility index (Phi) is 6.13. The van der Waals surface area contributed by atoms with Crippen LogP contribution in [0.1, 0.15) is 18.1 Å². The van der Waals surface area contributed by atoms with Gasteiger partial charge in [-0.1, -0.05) is 24.8 Å². The van der Waals surface area contributed by atoms with E-state index in [9.17, 15) is 4.79 Å². The van der Waals surface area contributed by atoms with E-state index in [1.807, 2.05) is 49.4 Å². The number of halogens is 2. The Balaban J connectivity index is 1.89. The fourth-order valence-electron chi connectivity index (χ4n) is 2.27. The Morgan fingerprint density at radius 1 is 1.23 bits per heavy atom. The second kappa shape index (κ2) is 8.34. The zero-order valence-electron chi connectivity index (χ0n) is 14.0. The van der Waals surface area contributed by atoms with Crippen molar-refractivity contribution >= 4 is 63.1 Å². The summed E-state index contributed by atoms with van der Waals surface area (Å²) in [5, 5.41) is 0. The summed E-state index contributed by atoms with van der Waals surface area (Å²) in [6, 6.07) is 13.3. The molecule has 0 amide bonds. The standard InChI is InChI=1S/C20H15I2NO3/c1-12(2)11-25-18-15(21)8-13(9-16(18)22)10-17-20(24)26-19(23-17)14-6-4-3-5-7-14/h3-10H,1,11H2,2H3/b17-10-. The maximum atomic E-state index is 12.1. The molecule has 1 heterocycles. The maximum Gasteiger partial charge on any atom is 0.363 e. The SMILES string of the molecule is C=C(C)COc1c(I)cc(/C=C2\N=C(c3ccccc3)OC2=O)cc1I. The van der Waals surface area contributed by atoms with Crippen LogP contribution < -0.4 is 4.74 Å². The van der Waals surface area contributed by atoms with Crippen molar-refractivity contribution in [2.24, 2.45) is 4.99 Å². The van der Waals surface area contributed by atoms with Crippen LogP contribution in [-0.2, 0) is 9.53 Å². The van der Waals surface area contributed by atoms with Crippen LogP contribution in [0, 0.1) is 7.14 Å². The first-order chi connectivity index (χ1) is 12.4. The fourth-order valence-corrected chi connectivity index (χ4v) is 4.40. The van der Waals surface area contributed by atoms with Crippen molar-refractivity contribution in [3.05, 3.63) is 78.6 Å². The van der Waals surface area contributed by atoms with Gasteiger partial charge in [-0.25, -0.2) is 9.79 Å². The minimum atomic E-state index is -0.448. The third-order valence-corrected chi connectivity index (χ3v) is 5.03. The maximum absolute atomic E-state index is 12.1. The van der Waals surface area contributed by atoms with Gasteiger partial charge in [-0.05, 0) is 93.6 Å². The lowest BCUT2D eigenvalue weighted by Crippen LogP contribution is -2.05. The van der Waals surface area contributed by atoms with E-state index in [1.54, 1.807) is 6.08 Å². The first-order valence-electron chi connectivity index (χ1n) is 7.78. The molecule has 0 unspecified atom stereocenters. The zero-order chi connectivity index (χ0) is 18.7. The number of esters is 1. The van der Waals surface area contributed by atoms with Gasteiger partial charge < -0.3 is 9.47 Å². The molecule has 3 rings (SSSR count). The highest BCUT2D eigenvalue weighted by molar-refractivity contribution is 14.1. The summed E-state index contributed by atoms with van der Waals surface area (Å²) in [5.41, 5.74) is 2.88. The van der Waals surface area contributed by atoms with Crippen molar-refractivity contribution in [3.63, 3.8) is 0 Å². The van der Waals surface area contributed by atoms with E-state index in [0.29, 0.717) is 12.5 Å². The van der Waals surface area contributed by atoms with Crippen molar-refractivity contribution in [3.8, 4) is 5.75 Å².